The summed E-state index contributed by atoms with van der Waals surface area (Å²) in [5, 5.41) is -0.492. The molecule has 0 aliphatic rings. The van der Waals surface area contributed by atoms with E-state index in [2.05, 4.69) is 0 Å². The van der Waals surface area contributed by atoms with Crippen molar-refractivity contribution in [2.75, 3.05) is 12.0 Å². The molecule has 1 rings (SSSR count). The number of hydrogen-bond acceptors (Lipinski definition) is 3. The van der Waals surface area contributed by atoms with Crippen LogP contribution in [-0.2, 0) is 0 Å². The lowest BCUT2D eigenvalue weighted by Gasteiger charge is -2.06. The van der Waals surface area contributed by atoms with Crippen molar-refractivity contribution in [1.29, 1.82) is 0 Å². The van der Waals surface area contributed by atoms with Crippen LogP contribution in [0.1, 0.15) is 17.3 Å². The third kappa shape index (κ3) is 2.42. The number of nitrogen functional groups attached to an aromatic ring is 1. The van der Waals surface area contributed by atoms with Gasteiger partial charge in [0, 0.05) is 16.1 Å². The highest BCUT2D eigenvalue weighted by Crippen LogP contribution is 2.24. The fourth-order valence-corrected chi connectivity index (χ4v) is 1.77. The first-order chi connectivity index (χ1) is 6.56. The minimum Gasteiger partial charge on any atom is -0.398 e. The van der Waals surface area contributed by atoms with E-state index >= 15 is 0 Å². The molecule has 0 bridgehead atoms. The van der Waals surface area contributed by atoms with Gasteiger partial charge in [-0.05, 0) is 31.4 Å². The highest BCUT2D eigenvalue weighted by molar-refractivity contribution is 7.98. The first kappa shape index (κ1) is 11.4. The largest absolute Gasteiger partial charge is 0.398 e. The van der Waals surface area contributed by atoms with Crippen LogP contribution in [-0.4, -0.2) is 17.4 Å². The molecule has 0 saturated carbocycles. The molecule has 76 valence electrons. The van der Waals surface area contributed by atoms with Crippen LogP contribution < -0.4 is 5.73 Å². The maximum absolute atomic E-state index is 11.5. The Bertz CT molecular complexity index is 352. The lowest BCUT2D eigenvalue weighted by atomic mass is 10.1. The number of carbonyl (C=O) groups is 1. The van der Waals surface area contributed by atoms with Crippen LogP contribution in [0, 0.1) is 0 Å². The predicted octanol–water partition coefficient (Wildman–Crippen LogP) is 2.80. The molecule has 0 amide bonds. The van der Waals surface area contributed by atoms with Crippen molar-refractivity contribution < 1.29 is 4.79 Å². The van der Waals surface area contributed by atoms with Crippen molar-refractivity contribution in [3.8, 4) is 0 Å². The van der Waals surface area contributed by atoms with Gasteiger partial charge in [0.05, 0.1) is 5.38 Å². The Morgan fingerprint density at radius 1 is 1.57 bits per heavy atom. The average molecular weight is 230 g/mol. The monoisotopic (exact) mass is 229 g/mol. The van der Waals surface area contributed by atoms with E-state index in [1.54, 1.807) is 25.1 Å². The lowest BCUT2D eigenvalue weighted by Crippen LogP contribution is -2.10. The summed E-state index contributed by atoms with van der Waals surface area (Å²) >= 11 is 7.23. The third-order valence-corrected chi connectivity index (χ3v) is 2.87. The lowest BCUT2D eigenvalue weighted by molar-refractivity contribution is 0.0991. The van der Waals surface area contributed by atoms with Gasteiger partial charge >= 0.3 is 0 Å². The fraction of sp³-hybridized carbons (Fsp3) is 0.300. The number of halogens is 1. The van der Waals surface area contributed by atoms with Gasteiger partial charge in [-0.15, -0.1) is 23.4 Å². The van der Waals surface area contributed by atoms with Gasteiger partial charge in [-0.25, -0.2) is 0 Å². The van der Waals surface area contributed by atoms with Gasteiger partial charge in [0.1, 0.15) is 0 Å². The van der Waals surface area contributed by atoms with E-state index in [0.717, 1.165) is 4.90 Å². The van der Waals surface area contributed by atoms with E-state index in [1.807, 2.05) is 6.26 Å². The molecule has 1 unspecified atom stereocenters. The number of nitrogens with two attached hydrogens (primary N) is 1. The first-order valence-corrected chi connectivity index (χ1v) is 5.84. The molecule has 2 N–H and O–H groups in total. The summed E-state index contributed by atoms with van der Waals surface area (Å²) in [4.78, 5) is 12.5. The van der Waals surface area contributed by atoms with E-state index in [9.17, 15) is 4.79 Å². The van der Waals surface area contributed by atoms with Crippen LogP contribution in [0.4, 0.5) is 5.69 Å². The van der Waals surface area contributed by atoms with Crippen LogP contribution in [0.3, 0.4) is 0 Å². The van der Waals surface area contributed by atoms with E-state index in [1.165, 1.54) is 11.8 Å². The van der Waals surface area contributed by atoms with Gasteiger partial charge in [0.15, 0.2) is 5.78 Å². The van der Waals surface area contributed by atoms with E-state index < -0.39 is 5.38 Å². The summed E-state index contributed by atoms with van der Waals surface area (Å²) in [6, 6.07) is 5.22. The molecule has 1 aromatic carbocycles. The second-order valence-corrected chi connectivity index (χ2v) is 4.44. The van der Waals surface area contributed by atoms with Gasteiger partial charge in [0.25, 0.3) is 0 Å². The van der Waals surface area contributed by atoms with Crippen molar-refractivity contribution in [3.05, 3.63) is 23.8 Å². The molecule has 14 heavy (non-hydrogen) atoms. The minimum absolute atomic E-state index is 0.0676. The van der Waals surface area contributed by atoms with Crippen LogP contribution in [0.15, 0.2) is 23.1 Å². The van der Waals surface area contributed by atoms with Crippen LogP contribution in [0.2, 0.25) is 0 Å². The normalized spacial score (nSPS) is 12.5. The molecule has 0 spiro atoms. The number of Topliss-reactive ketones (excluding diaryl/α,β-unsaturated/α-hetero) is 1. The number of benzene rings is 1. The molecule has 0 aliphatic carbocycles. The van der Waals surface area contributed by atoms with Crippen molar-refractivity contribution >= 4 is 34.8 Å². The van der Waals surface area contributed by atoms with Crippen molar-refractivity contribution in [3.63, 3.8) is 0 Å². The fourth-order valence-electron chi connectivity index (χ4n) is 1.09. The SMILES string of the molecule is CSc1cc(C(=O)C(C)Cl)ccc1N. The second-order valence-electron chi connectivity index (χ2n) is 2.94. The Balaban J connectivity index is 3.06. The van der Waals surface area contributed by atoms with Crippen molar-refractivity contribution in [2.24, 2.45) is 0 Å². The number of rotatable bonds is 3. The highest BCUT2D eigenvalue weighted by atomic mass is 35.5. The average Bonchev–Trinajstić information content (AvgIpc) is 2.17. The molecule has 0 heterocycles. The standard InChI is InChI=1S/C10H12ClNOS/c1-6(11)10(13)7-3-4-8(12)9(5-7)14-2/h3-6H,12H2,1-2H3. The van der Waals surface area contributed by atoms with Crippen LogP contribution in [0.25, 0.3) is 0 Å². The Morgan fingerprint density at radius 3 is 2.71 bits per heavy atom. The van der Waals surface area contributed by atoms with Gasteiger partial charge in [0.2, 0.25) is 0 Å². The topological polar surface area (TPSA) is 43.1 Å². The Hall–Kier alpha value is -0.670. The van der Waals surface area contributed by atoms with Gasteiger partial charge in [-0.1, -0.05) is 0 Å². The van der Waals surface area contributed by atoms with E-state index in [-0.39, 0.29) is 5.78 Å². The quantitative estimate of drug-likeness (QED) is 0.375. The Kier molecular flexibility index (Phi) is 3.84. The number of anilines is 1. The zero-order chi connectivity index (χ0) is 10.7. The van der Waals surface area contributed by atoms with Gasteiger partial charge in [-0.2, -0.15) is 0 Å². The Labute approximate surface area is 92.8 Å². The Morgan fingerprint density at radius 2 is 2.21 bits per heavy atom. The zero-order valence-electron chi connectivity index (χ0n) is 8.08. The molecule has 1 aromatic rings. The number of carbonyl (C=O) groups excluding carboxylic acids is 1. The first-order valence-electron chi connectivity index (χ1n) is 4.18. The summed E-state index contributed by atoms with van der Waals surface area (Å²) in [5.74, 6) is -0.0676. The van der Waals surface area contributed by atoms with Crippen molar-refractivity contribution in [2.45, 2.75) is 17.2 Å². The maximum atomic E-state index is 11.5. The summed E-state index contributed by atoms with van der Waals surface area (Å²) in [5.41, 5.74) is 7.02. The minimum atomic E-state index is -0.492. The molecule has 2 nitrogen and oxygen atoms in total. The van der Waals surface area contributed by atoms with Crippen LogP contribution >= 0.6 is 23.4 Å². The van der Waals surface area contributed by atoms with E-state index in [4.69, 9.17) is 17.3 Å². The highest BCUT2D eigenvalue weighted by Gasteiger charge is 2.13. The third-order valence-electron chi connectivity index (χ3n) is 1.88. The van der Waals surface area contributed by atoms with Gasteiger partial charge in [-0.3, -0.25) is 4.79 Å². The maximum Gasteiger partial charge on any atom is 0.180 e. The predicted molar refractivity (Wildman–Crippen MR) is 62.3 cm³/mol. The molecule has 1 atom stereocenters. The van der Waals surface area contributed by atoms with E-state index in [0.29, 0.717) is 11.3 Å². The number of ketones is 1. The van der Waals surface area contributed by atoms with Crippen LogP contribution in [0.5, 0.6) is 0 Å². The molecule has 4 heteroatoms. The molecule has 0 radical (unpaired) electrons. The summed E-state index contributed by atoms with van der Waals surface area (Å²) in [6.45, 7) is 1.67. The van der Waals surface area contributed by atoms with Gasteiger partial charge < -0.3 is 5.73 Å². The van der Waals surface area contributed by atoms with Crippen molar-refractivity contribution in [1.82, 2.24) is 0 Å². The molecule has 0 saturated heterocycles. The molecular formula is C10H12ClNOS. The summed E-state index contributed by atoms with van der Waals surface area (Å²) < 4.78 is 0. The summed E-state index contributed by atoms with van der Waals surface area (Å²) in [6.07, 6.45) is 1.92. The second kappa shape index (κ2) is 4.71. The molecule has 0 aromatic heterocycles. The molecule has 0 aliphatic heterocycles. The summed E-state index contributed by atoms with van der Waals surface area (Å²) in [7, 11) is 0. The number of thioether (sulfide) groups is 1. The number of alkyl halides is 1. The molecule has 0 fully saturated rings. The molecular weight excluding hydrogens is 218 g/mol. The smallest absolute Gasteiger partial charge is 0.180 e. The zero-order valence-corrected chi connectivity index (χ0v) is 9.65. The number of hydrogen-bond donors (Lipinski definition) is 1.